The molecule has 0 fully saturated rings. The molecule has 110 valence electrons. The molecule has 1 unspecified atom stereocenters. The number of fused-ring (bicyclic) bond motifs is 1. The highest BCUT2D eigenvalue weighted by Gasteiger charge is 2.20. The first-order valence-electron chi connectivity index (χ1n) is 7.44. The third-order valence-corrected chi connectivity index (χ3v) is 3.73. The molecule has 0 aliphatic carbocycles. The Bertz CT molecular complexity index is 610. The van der Waals surface area contributed by atoms with Gasteiger partial charge in [-0.1, -0.05) is 30.3 Å². The summed E-state index contributed by atoms with van der Waals surface area (Å²) >= 11 is 0. The molecule has 1 N–H and O–H groups in total. The average molecular weight is 282 g/mol. The van der Waals surface area contributed by atoms with E-state index in [1.807, 2.05) is 12.1 Å². The number of nitrogens with zero attached hydrogens (tertiary/aromatic N) is 1. The summed E-state index contributed by atoms with van der Waals surface area (Å²) in [4.78, 5) is 2.18. The number of benzene rings is 2. The van der Waals surface area contributed by atoms with Crippen LogP contribution in [0.1, 0.15) is 23.6 Å². The highest BCUT2D eigenvalue weighted by Crippen LogP contribution is 2.34. The lowest BCUT2D eigenvalue weighted by Gasteiger charge is -2.27. The lowest BCUT2D eigenvalue weighted by Crippen LogP contribution is -2.20. The van der Waals surface area contributed by atoms with Crippen molar-refractivity contribution in [3.05, 3.63) is 59.7 Å². The van der Waals surface area contributed by atoms with Crippen molar-refractivity contribution < 1.29 is 4.74 Å². The van der Waals surface area contributed by atoms with E-state index in [0.29, 0.717) is 6.04 Å². The molecular formula is C18H22N2O. The minimum atomic E-state index is 0.324. The SMILES string of the molecule is CN(C)Cc1cccc(NC2CCOc3ccccc32)c1. The number of rotatable bonds is 4. The molecule has 1 aliphatic rings. The predicted octanol–water partition coefficient (Wildman–Crippen LogP) is 3.68. The zero-order chi connectivity index (χ0) is 14.7. The van der Waals surface area contributed by atoms with E-state index in [9.17, 15) is 0 Å². The second-order valence-corrected chi connectivity index (χ2v) is 5.81. The van der Waals surface area contributed by atoms with E-state index < -0.39 is 0 Å². The average Bonchev–Trinajstić information content (AvgIpc) is 2.47. The summed E-state index contributed by atoms with van der Waals surface area (Å²) in [5.41, 5.74) is 3.75. The molecule has 0 saturated carbocycles. The number of nitrogens with one attached hydrogen (secondary N) is 1. The Hall–Kier alpha value is -2.00. The Kier molecular flexibility index (Phi) is 4.11. The second-order valence-electron chi connectivity index (χ2n) is 5.81. The summed E-state index contributed by atoms with van der Waals surface area (Å²) in [5.74, 6) is 1.01. The van der Waals surface area contributed by atoms with E-state index in [0.717, 1.165) is 25.3 Å². The van der Waals surface area contributed by atoms with Crippen molar-refractivity contribution in [1.82, 2.24) is 4.90 Å². The van der Waals surface area contributed by atoms with Crippen molar-refractivity contribution in [2.75, 3.05) is 26.0 Å². The summed E-state index contributed by atoms with van der Waals surface area (Å²) in [6.45, 7) is 1.73. The number of ether oxygens (including phenoxy) is 1. The third kappa shape index (κ3) is 3.37. The van der Waals surface area contributed by atoms with Gasteiger partial charge in [0, 0.05) is 24.2 Å². The Morgan fingerprint density at radius 1 is 1.14 bits per heavy atom. The minimum Gasteiger partial charge on any atom is -0.493 e. The Morgan fingerprint density at radius 2 is 2.00 bits per heavy atom. The summed E-state index contributed by atoms with van der Waals surface area (Å²) in [5, 5.41) is 3.65. The standard InChI is InChI=1S/C18H22N2O/c1-20(2)13-14-6-5-7-15(12-14)19-17-10-11-21-18-9-4-3-8-16(17)18/h3-9,12,17,19H,10-11,13H2,1-2H3. The number of anilines is 1. The van der Waals surface area contributed by atoms with Gasteiger partial charge in [-0.15, -0.1) is 0 Å². The van der Waals surface area contributed by atoms with E-state index in [2.05, 4.69) is 60.7 Å². The van der Waals surface area contributed by atoms with Crippen LogP contribution < -0.4 is 10.1 Å². The molecule has 0 bridgehead atoms. The van der Waals surface area contributed by atoms with Gasteiger partial charge in [-0.05, 0) is 37.9 Å². The lowest BCUT2D eigenvalue weighted by atomic mass is 10.00. The highest BCUT2D eigenvalue weighted by atomic mass is 16.5. The van der Waals surface area contributed by atoms with Crippen molar-refractivity contribution in [3.8, 4) is 5.75 Å². The van der Waals surface area contributed by atoms with Crippen molar-refractivity contribution in [2.24, 2.45) is 0 Å². The molecule has 0 radical (unpaired) electrons. The van der Waals surface area contributed by atoms with E-state index >= 15 is 0 Å². The zero-order valence-electron chi connectivity index (χ0n) is 12.7. The van der Waals surface area contributed by atoms with Gasteiger partial charge >= 0.3 is 0 Å². The molecule has 1 heterocycles. The van der Waals surface area contributed by atoms with Crippen LogP contribution in [0.5, 0.6) is 5.75 Å². The normalized spacial score (nSPS) is 17.2. The van der Waals surface area contributed by atoms with Crippen LogP contribution in [0.4, 0.5) is 5.69 Å². The van der Waals surface area contributed by atoms with Gasteiger partial charge in [0.15, 0.2) is 0 Å². The fraction of sp³-hybridized carbons (Fsp3) is 0.333. The topological polar surface area (TPSA) is 24.5 Å². The molecule has 2 aromatic carbocycles. The minimum absolute atomic E-state index is 0.324. The largest absolute Gasteiger partial charge is 0.493 e. The van der Waals surface area contributed by atoms with Gasteiger partial charge in [-0.25, -0.2) is 0 Å². The molecule has 0 amide bonds. The quantitative estimate of drug-likeness (QED) is 0.925. The monoisotopic (exact) mass is 282 g/mol. The first-order valence-corrected chi connectivity index (χ1v) is 7.44. The van der Waals surface area contributed by atoms with Crippen LogP contribution >= 0.6 is 0 Å². The van der Waals surface area contributed by atoms with Crippen LogP contribution in [0, 0.1) is 0 Å². The number of para-hydroxylation sites is 1. The maximum Gasteiger partial charge on any atom is 0.124 e. The van der Waals surface area contributed by atoms with Crippen LogP contribution in [0.2, 0.25) is 0 Å². The maximum absolute atomic E-state index is 5.72. The molecular weight excluding hydrogens is 260 g/mol. The molecule has 1 atom stereocenters. The Balaban J connectivity index is 1.78. The summed E-state index contributed by atoms with van der Waals surface area (Å²) in [6, 6.07) is 17.3. The molecule has 0 aromatic heterocycles. The molecule has 3 nitrogen and oxygen atoms in total. The summed E-state index contributed by atoms with van der Waals surface area (Å²) in [7, 11) is 4.18. The maximum atomic E-state index is 5.72. The van der Waals surface area contributed by atoms with Gasteiger partial charge in [0.2, 0.25) is 0 Å². The number of hydrogen-bond donors (Lipinski definition) is 1. The van der Waals surface area contributed by atoms with Gasteiger partial charge in [0.25, 0.3) is 0 Å². The van der Waals surface area contributed by atoms with E-state index in [4.69, 9.17) is 4.74 Å². The van der Waals surface area contributed by atoms with Crippen LogP contribution in [-0.2, 0) is 6.54 Å². The fourth-order valence-electron chi connectivity index (χ4n) is 2.82. The van der Waals surface area contributed by atoms with E-state index in [-0.39, 0.29) is 0 Å². The smallest absolute Gasteiger partial charge is 0.124 e. The van der Waals surface area contributed by atoms with Gasteiger partial charge in [0.05, 0.1) is 12.6 Å². The molecule has 3 heteroatoms. The van der Waals surface area contributed by atoms with E-state index in [1.54, 1.807) is 0 Å². The predicted molar refractivity (Wildman–Crippen MR) is 86.8 cm³/mol. The van der Waals surface area contributed by atoms with Crippen molar-refractivity contribution in [1.29, 1.82) is 0 Å². The van der Waals surface area contributed by atoms with Crippen molar-refractivity contribution in [2.45, 2.75) is 19.0 Å². The van der Waals surface area contributed by atoms with Crippen LogP contribution in [-0.4, -0.2) is 25.6 Å². The van der Waals surface area contributed by atoms with Gasteiger partial charge in [-0.3, -0.25) is 0 Å². The van der Waals surface area contributed by atoms with Gasteiger partial charge < -0.3 is 15.0 Å². The van der Waals surface area contributed by atoms with Crippen LogP contribution in [0.15, 0.2) is 48.5 Å². The van der Waals surface area contributed by atoms with Crippen molar-refractivity contribution in [3.63, 3.8) is 0 Å². The molecule has 0 saturated heterocycles. The lowest BCUT2D eigenvalue weighted by molar-refractivity contribution is 0.274. The number of hydrogen-bond acceptors (Lipinski definition) is 3. The first-order chi connectivity index (χ1) is 10.2. The van der Waals surface area contributed by atoms with Crippen molar-refractivity contribution >= 4 is 5.69 Å². The zero-order valence-corrected chi connectivity index (χ0v) is 12.7. The Morgan fingerprint density at radius 3 is 2.86 bits per heavy atom. The molecule has 3 rings (SSSR count). The summed E-state index contributed by atoms with van der Waals surface area (Å²) < 4.78 is 5.72. The third-order valence-electron chi connectivity index (χ3n) is 3.73. The highest BCUT2D eigenvalue weighted by molar-refractivity contribution is 5.50. The molecule has 0 spiro atoms. The Labute approximate surface area is 126 Å². The molecule has 1 aliphatic heterocycles. The van der Waals surface area contributed by atoms with Gasteiger partial charge in [0.1, 0.15) is 5.75 Å². The second kappa shape index (κ2) is 6.19. The first kappa shape index (κ1) is 14.0. The summed E-state index contributed by atoms with van der Waals surface area (Å²) in [6.07, 6.45) is 0.995. The van der Waals surface area contributed by atoms with E-state index in [1.165, 1.54) is 16.8 Å². The van der Waals surface area contributed by atoms with Crippen LogP contribution in [0.25, 0.3) is 0 Å². The molecule has 2 aromatic rings. The van der Waals surface area contributed by atoms with Crippen LogP contribution in [0.3, 0.4) is 0 Å². The molecule has 21 heavy (non-hydrogen) atoms. The van der Waals surface area contributed by atoms with Gasteiger partial charge in [-0.2, -0.15) is 0 Å². The fourth-order valence-corrected chi connectivity index (χ4v) is 2.82.